The van der Waals surface area contributed by atoms with E-state index in [0.717, 1.165) is 28.2 Å². The second-order valence-corrected chi connectivity index (χ2v) is 5.35. The molecule has 4 nitrogen and oxygen atoms in total. The Morgan fingerprint density at radius 1 is 0.913 bits per heavy atom. The van der Waals surface area contributed by atoms with Gasteiger partial charge in [-0.15, -0.1) is 0 Å². The van der Waals surface area contributed by atoms with Crippen LogP contribution in [0.5, 0.6) is 0 Å². The van der Waals surface area contributed by atoms with Crippen molar-refractivity contribution in [3.8, 4) is 11.3 Å². The van der Waals surface area contributed by atoms with Gasteiger partial charge in [-0.3, -0.25) is 4.79 Å². The molecule has 0 aliphatic heterocycles. The van der Waals surface area contributed by atoms with Gasteiger partial charge in [0.2, 0.25) is 5.91 Å². The SMILES string of the molecule is Cc1ccc(-c2ccc(NC(=O)Cc3ccccc3)cc2)nn1. The van der Waals surface area contributed by atoms with E-state index in [1.807, 2.05) is 73.7 Å². The lowest BCUT2D eigenvalue weighted by Gasteiger charge is -2.06. The lowest BCUT2D eigenvalue weighted by atomic mass is 10.1. The van der Waals surface area contributed by atoms with Crippen molar-refractivity contribution in [1.29, 1.82) is 0 Å². The third-order valence-electron chi connectivity index (χ3n) is 3.47. The number of hydrogen-bond acceptors (Lipinski definition) is 3. The zero-order chi connectivity index (χ0) is 16.1. The lowest BCUT2D eigenvalue weighted by Crippen LogP contribution is -2.14. The first-order valence-corrected chi connectivity index (χ1v) is 7.45. The maximum Gasteiger partial charge on any atom is 0.228 e. The molecule has 0 spiro atoms. The van der Waals surface area contributed by atoms with Gasteiger partial charge in [0.1, 0.15) is 0 Å². The fourth-order valence-corrected chi connectivity index (χ4v) is 2.26. The van der Waals surface area contributed by atoms with E-state index in [2.05, 4.69) is 15.5 Å². The lowest BCUT2D eigenvalue weighted by molar-refractivity contribution is -0.115. The van der Waals surface area contributed by atoms with Crippen molar-refractivity contribution in [2.75, 3.05) is 5.32 Å². The highest BCUT2D eigenvalue weighted by Gasteiger charge is 2.05. The summed E-state index contributed by atoms with van der Waals surface area (Å²) in [5.74, 6) is -0.0286. The molecular weight excluding hydrogens is 286 g/mol. The summed E-state index contributed by atoms with van der Waals surface area (Å²) in [5, 5.41) is 11.1. The normalized spacial score (nSPS) is 10.3. The Hall–Kier alpha value is -3.01. The van der Waals surface area contributed by atoms with Crippen LogP contribution in [0.2, 0.25) is 0 Å². The Labute approximate surface area is 135 Å². The van der Waals surface area contributed by atoms with Crippen LogP contribution in [0, 0.1) is 6.92 Å². The molecule has 0 saturated carbocycles. The van der Waals surface area contributed by atoms with E-state index in [1.165, 1.54) is 0 Å². The fraction of sp³-hybridized carbons (Fsp3) is 0.105. The summed E-state index contributed by atoms with van der Waals surface area (Å²) in [4.78, 5) is 12.0. The second kappa shape index (κ2) is 6.83. The highest BCUT2D eigenvalue weighted by atomic mass is 16.1. The van der Waals surface area contributed by atoms with Crippen molar-refractivity contribution in [2.24, 2.45) is 0 Å². The van der Waals surface area contributed by atoms with Gasteiger partial charge in [0.15, 0.2) is 0 Å². The minimum Gasteiger partial charge on any atom is -0.326 e. The van der Waals surface area contributed by atoms with E-state index in [4.69, 9.17) is 0 Å². The van der Waals surface area contributed by atoms with E-state index in [9.17, 15) is 4.79 Å². The van der Waals surface area contributed by atoms with Crippen molar-refractivity contribution < 1.29 is 4.79 Å². The molecule has 0 bridgehead atoms. The number of benzene rings is 2. The number of hydrogen-bond donors (Lipinski definition) is 1. The summed E-state index contributed by atoms with van der Waals surface area (Å²) >= 11 is 0. The van der Waals surface area contributed by atoms with Gasteiger partial charge in [-0.25, -0.2) is 0 Å². The summed E-state index contributed by atoms with van der Waals surface area (Å²) < 4.78 is 0. The topological polar surface area (TPSA) is 54.9 Å². The number of rotatable bonds is 4. The van der Waals surface area contributed by atoms with Crippen LogP contribution >= 0.6 is 0 Å². The van der Waals surface area contributed by atoms with Gasteiger partial charge in [0, 0.05) is 11.3 Å². The van der Waals surface area contributed by atoms with Gasteiger partial charge in [-0.1, -0.05) is 42.5 Å². The molecule has 4 heteroatoms. The second-order valence-electron chi connectivity index (χ2n) is 5.35. The molecule has 0 atom stereocenters. The smallest absolute Gasteiger partial charge is 0.228 e. The molecule has 0 aliphatic rings. The first-order valence-electron chi connectivity index (χ1n) is 7.45. The summed E-state index contributed by atoms with van der Waals surface area (Å²) in [5.41, 5.74) is 4.45. The molecule has 1 heterocycles. The minimum atomic E-state index is -0.0286. The van der Waals surface area contributed by atoms with Crippen molar-refractivity contribution in [3.05, 3.63) is 78.0 Å². The first kappa shape index (κ1) is 14.9. The van der Waals surface area contributed by atoms with Crippen molar-refractivity contribution in [2.45, 2.75) is 13.3 Å². The van der Waals surface area contributed by atoms with Crippen LogP contribution < -0.4 is 5.32 Å². The van der Waals surface area contributed by atoms with Gasteiger partial charge >= 0.3 is 0 Å². The average Bonchev–Trinajstić information content (AvgIpc) is 2.57. The Balaban J connectivity index is 1.65. The molecule has 0 radical (unpaired) electrons. The van der Waals surface area contributed by atoms with Crippen LogP contribution in [0.4, 0.5) is 5.69 Å². The first-order chi connectivity index (χ1) is 11.2. The molecule has 23 heavy (non-hydrogen) atoms. The number of anilines is 1. The van der Waals surface area contributed by atoms with Crippen molar-refractivity contribution in [3.63, 3.8) is 0 Å². The molecule has 0 saturated heterocycles. The minimum absolute atomic E-state index is 0.0286. The summed E-state index contributed by atoms with van der Waals surface area (Å²) in [6, 6.07) is 21.2. The number of carbonyl (C=O) groups excluding carboxylic acids is 1. The zero-order valence-corrected chi connectivity index (χ0v) is 12.9. The van der Waals surface area contributed by atoms with E-state index in [-0.39, 0.29) is 5.91 Å². The Bertz CT molecular complexity index is 781. The third-order valence-corrected chi connectivity index (χ3v) is 3.47. The van der Waals surface area contributed by atoms with Crippen LogP contribution in [0.3, 0.4) is 0 Å². The summed E-state index contributed by atoms with van der Waals surface area (Å²) in [7, 11) is 0. The molecular formula is C19H17N3O. The monoisotopic (exact) mass is 303 g/mol. The summed E-state index contributed by atoms with van der Waals surface area (Å²) in [6.45, 7) is 1.90. The highest BCUT2D eigenvalue weighted by Crippen LogP contribution is 2.19. The molecule has 3 rings (SSSR count). The standard InChI is InChI=1S/C19H17N3O/c1-14-7-12-18(22-21-14)16-8-10-17(11-9-16)20-19(23)13-15-5-3-2-4-6-15/h2-12H,13H2,1H3,(H,20,23). The van der Waals surface area contributed by atoms with E-state index in [0.29, 0.717) is 6.42 Å². The van der Waals surface area contributed by atoms with Gasteiger partial charge < -0.3 is 5.32 Å². The molecule has 3 aromatic rings. The quantitative estimate of drug-likeness (QED) is 0.800. The van der Waals surface area contributed by atoms with Gasteiger partial charge in [-0.2, -0.15) is 10.2 Å². The maximum atomic E-state index is 12.0. The predicted octanol–water partition coefficient (Wildman–Crippen LogP) is 3.63. The van der Waals surface area contributed by atoms with E-state index < -0.39 is 0 Å². The van der Waals surface area contributed by atoms with E-state index in [1.54, 1.807) is 0 Å². The van der Waals surface area contributed by atoms with E-state index >= 15 is 0 Å². The molecule has 1 aromatic heterocycles. The number of carbonyl (C=O) groups is 1. The molecule has 0 fully saturated rings. The van der Waals surface area contributed by atoms with Gasteiger partial charge in [0.05, 0.1) is 17.8 Å². The Kier molecular flexibility index (Phi) is 4.43. The van der Waals surface area contributed by atoms with Gasteiger partial charge in [0.25, 0.3) is 0 Å². The Morgan fingerprint density at radius 3 is 2.30 bits per heavy atom. The number of nitrogens with one attached hydrogen (secondary N) is 1. The number of amides is 1. The maximum absolute atomic E-state index is 12.0. The van der Waals surface area contributed by atoms with Crippen LogP contribution in [0.25, 0.3) is 11.3 Å². The molecule has 1 N–H and O–H groups in total. The van der Waals surface area contributed by atoms with Crippen LogP contribution in [0.15, 0.2) is 66.7 Å². The number of nitrogens with zero attached hydrogens (tertiary/aromatic N) is 2. The molecule has 114 valence electrons. The highest BCUT2D eigenvalue weighted by molar-refractivity contribution is 5.92. The number of aryl methyl sites for hydroxylation is 1. The number of aromatic nitrogens is 2. The molecule has 0 aliphatic carbocycles. The predicted molar refractivity (Wildman–Crippen MR) is 91.0 cm³/mol. The molecule has 1 amide bonds. The third kappa shape index (κ3) is 4.01. The molecule has 2 aromatic carbocycles. The summed E-state index contributed by atoms with van der Waals surface area (Å²) in [6.07, 6.45) is 0.367. The van der Waals surface area contributed by atoms with Crippen molar-refractivity contribution in [1.82, 2.24) is 10.2 Å². The fourth-order valence-electron chi connectivity index (χ4n) is 2.26. The molecule has 0 unspecified atom stereocenters. The van der Waals surface area contributed by atoms with Crippen LogP contribution in [-0.2, 0) is 11.2 Å². The van der Waals surface area contributed by atoms with Crippen LogP contribution in [-0.4, -0.2) is 16.1 Å². The zero-order valence-electron chi connectivity index (χ0n) is 12.9. The largest absolute Gasteiger partial charge is 0.326 e. The Morgan fingerprint density at radius 2 is 1.65 bits per heavy atom. The van der Waals surface area contributed by atoms with Crippen molar-refractivity contribution >= 4 is 11.6 Å². The van der Waals surface area contributed by atoms with Gasteiger partial charge in [-0.05, 0) is 36.8 Å². The average molecular weight is 303 g/mol. The van der Waals surface area contributed by atoms with Crippen LogP contribution in [0.1, 0.15) is 11.3 Å².